The van der Waals surface area contributed by atoms with E-state index in [1.54, 1.807) is 0 Å². The van der Waals surface area contributed by atoms with Gasteiger partial charge in [-0.05, 0) is 37.3 Å². The molecule has 2 nitrogen and oxygen atoms in total. The number of nitrogens with two attached hydrogens (primary N) is 1. The second-order valence-electron chi connectivity index (χ2n) is 4.91. The average molecular weight is 218 g/mol. The van der Waals surface area contributed by atoms with Crippen molar-refractivity contribution in [3.63, 3.8) is 0 Å². The Kier molecular flexibility index (Phi) is 3.83. The van der Waals surface area contributed by atoms with E-state index in [1.807, 2.05) is 18.2 Å². The SMILES string of the molecule is C[C@@H](NCc1ccccc1N)C1CCCC1. The summed E-state index contributed by atoms with van der Waals surface area (Å²) in [4.78, 5) is 0. The lowest BCUT2D eigenvalue weighted by Gasteiger charge is -2.20. The maximum absolute atomic E-state index is 5.92. The molecule has 0 spiro atoms. The van der Waals surface area contributed by atoms with Gasteiger partial charge in [-0.25, -0.2) is 0 Å². The van der Waals surface area contributed by atoms with Gasteiger partial charge < -0.3 is 11.1 Å². The molecule has 1 aliphatic rings. The zero-order valence-corrected chi connectivity index (χ0v) is 10.1. The summed E-state index contributed by atoms with van der Waals surface area (Å²) in [6.45, 7) is 3.19. The highest BCUT2D eigenvalue weighted by Gasteiger charge is 2.20. The summed E-state index contributed by atoms with van der Waals surface area (Å²) in [6.07, 6.45) is 5.59. The highest BCUT2D eigenvalue weighted by atomic mass is 14.9. The van der Waals surface area contributed by atoms with Crippen molar-refractivity contribution in [1.29, 1.82) is 0 Å². The van der Waals surface area contributed by atoms with Gasteiger partial charge in [0.25, 0.3) is 0 Å². The smallest absolute Gasteiger partial charge is 0.0359 e. The molecule has 0 saturated heterocycles. The molecule has 2 heteroatoms. The predicted octanol–water partition coefficient (Wildman–Crippen LogP) is 2.94. The molecular formula is C14H22N2. The van der Waals surface area contributed by atoms with Crippen LogP contribution in [-0.4, -0.2) is 6.04 Å². The second-order valence-corrected chi connectivity index (χ2v) is 4.91. The molecule has 1 saturated carbocycles. The van der Waals surface area contributed by atoms with Crippen molar-refractivity contribution in [3.05, 3.63) is 29.8 Å². The number of hydrogen-bond acceptors (Lipinski definition) is 2. The summed E-state index contributed by atoms with van der Waals surface area (Å²) < 4.78 is 0. The monoisotopic (exact) mass is 218 g/mol. The third-order valence-corrected chi connectivity index (χ3v) is 3.78. The Labute approximate surface area is 98.2 Å². The fraction of sp³-hybridized carbons (Fsp3) is 0.571. The van der Waals surface area contributed by atoms with Crippen molar-refractivity contribution < 1.29 is 0 Å². The summed E-state index contributed by atoms with van der Waals surface area (Å²) in [5.74, 6) is 0.866. The van der Waals surface area contributed by atoms with Crippen LogP contribution < -0.4 is 11.1 Å². The van der Waals surface area contributed by atoms with Gasteiger partial charge in [0.15, 0.2) is 0 Å². The first-order valence-corrected chi connectivity index (χ1v) is 6.34. The molecule has 1 fully saturated rings. The molecule has 88 valence electrons. The zero-order valence-electron chi connectivity index (χ0n) is 10.1. The van der Waals surface area contributed by atoms with Crippen LogP contribution in [-0.2, 0) is 6.54 Å². The Morgan fingerprint density at radius 3 is 2.69 bits per heavy atom. The van der Waals surface area contributed by atoms with Crippen molar-refractivity contribution in [2.24, 2.45) is 5.92 Å². The van der Waals surface area contributed by atoms with Gasteiger partial charge in [-0.15, -0.1) is 0 Å². The predicted molar refractivity (Wildman–Crippen MR) is 69.1 cm³/mol. The van der Waals surface area contributed by atoms with Crippen LogP contribution in [0.5, 0.6) is 0 Å². The number of rotatable bonds is 4. The number of hydrogen-bond donors (Lipinski definition) is 2. The van der Waals surface area contributed by atoms with Crippen molar-refractivity contribution in [3.8, 4) is 0 Å². The lowest BCUT2D eigenvalue weighted by atomic mass is 9.99. The molecule has 1 aromatic rings. The number of benzene rings is 1. The largest absolute Gasteiger partial charge is 0.398 e. The fourth-order valence-electron chi connectivity index (χ4n) is 2.59. The van der Waals surface area contributed by atoms with Gasteiger partial charge in [-0.3, -0.25) is 0 Å². The quantitative estimate of drug-likeness (QED) is 0.763. The Bertz CT molecular complexity index is 329. The first kappa shape index (κ1) is 11.5. The van der Waals surface area contributed by atoms with Crippen LogP contribution in [0.2, 0.25) is 0 Å². The Hall–Kier alpha value is -1.02. The van der Waals surface area contributed by atoms with Crippen LogP contribution in [0, 0.1) is 5.92 Å². The Balaban J connectivity index is 1.84. The third-order valence-electron chi connectivity index (χ3n) is 3.78. The van der Waals surface area contributed by atoms with Crippen LogP contribution in [0.1, 0.15) is 38.2 Å². The van der Waals surface area contributed by atoms with E-state index in [1.165, 1.54) is 31.2 Å². The summed E-state index contributed by atoms with van der Waals surface area (Å²) in [6, 6.07) is 8.72. The van der Waals surface area contributed by atoms with Crippen LogP contribution in [0.3, 0.4) is 0 Å². The van der Waals surface area contributed by atoms with E-state index in [0.717, 1.165) is 18.2 Å². The normalized spacial score (nSPS) is 18.8. The fourth-order valence-corrected chi connectivity index (χ4v) is 2.59. The van der Waals surface area contributed by atoms with E-state index in [2.05, 4.69) is 18.3 Å². The van der Waals surface area contributed by atoms with E-state index in [9.17, 15) is 0 Å². The minimum absolute atomic E-state index is 0.613. The molecule has 2 rings (SSSR count). The number of nitrogen functional groups attached to an aromatic ring is 1. The number of para-hydroxylation sites is 1. The molecular weight excluding hydrogens is 196 g/mol. The van der Waals surface area contributed by atoms with E-state index >= 15 is 0 Å². The van der Waals surface area contributed by atoms with Crippen molar-refractivity contribution in [2.45, 2.75) is 45.2 Å². The van der Waals surface area contributed by atoms with Crippen molar-refractivity contribution >= 4 is 5.69 Å². The Morgan fingerprint density at radius 1 is 1.31 bits per heavy atom. The van der Waals surface area contributed by atoms with Gasteiger partial charge in [0, 0.05) is 18.3 Å². The lowest BCUT2D eigenvalue weighted by molar-refractivity contribution is 0.381. The van der Waals surface area contributed by atoms with Crippen molar-refractivity contribution in [1.82, 2.24) is 5.32 Å². The molecule has 1 aliphatic carbocycles. The maximum Gasteiger partial charge on any atom is 0.0359 e. The first-order chi connectivity index (χ1) is 7.77. The van der Waals surface area contributed by atoms with E-state index in [0.29, 0.717) is 6.04 Å². The highest BCUT2D eigenvalue weighted by Crippen LogP contribution is 2.27. The van der Waals surface area contributed by atoms with Gasteiger partial charge in [0.05, 0.1) is 0 Å². The first-order valence-electron chi connectivity index (χ1n) is 6.34. The van der Waals surface area contributed by atoms with Gasteiger partial charge in [0.1, 0.15) is 0 Å². The van der Waals surface area contributed by atoms with Crippen LogP contribution in [0.25, 0.3) is 0 Å². The Morgan fingerprint density at radius 2 is 2.00 bits per heavy atom. The van der Waals surface area contributed by atoms with E-state index in [-0.39, 0.29) is 0 Å². The molecule has 16 heavy (non-hydrogen) atoms. The van der Waals surface area contributed by atoms with Gasteiger partial charge in [-0.2, -0.15) is 0 Å². The number of nitrogens with one attached hydrogen (secondary N) is 1. The van der Waals surface area contributed by atoms with Gasteiger partial charge in [-0.1, -0.05) is 31.0 Å². The molecule has 0 radical (unpaired) electrons. The minimum atomic E-state index is 0.613. The summed E-state index contributed by atoms with van der Waals surface area (Å²) in [5.41, 5.74) is 8.03. The van der Waals surface area contributed by atoms with E-state index in [4.69, 9.17) is 5.73 Å². The molecule has 0 bridgehead atoms. The molecule has 0 unspecified atom stereocenters. The molecule has 0 aliphatic heterocycles. The van der Waals surface area contributed by atoms with Crippen LogP contribution in [0.15, 0.2) is 24.3 Å². The van der Waals surface area contributed by atoms with Crippen LogP contribution in [0.4, 0.5) is 5.69 Å². The minimum Gasteiger partial charge on any atom is -0.398 e. The topological polar surface area (TPSA) is 38.0 Å². The molecule has 3 N–H and O–H groups in total. The van der Waals surface area contributed by atoms with Crippen LogP contribution >= 0.6 is 0 Å². The average Bonchev–Trinajstić information content (AvgIpc) is 2.81. The summed E-state index contributed by atoms with van der Waals surface area (Å²) >= 11 is 0. The summed E-state index contributed by atoms with van der Waals surface area (Å²) in [5, 5.41) is 3.60. The molecule has 0 amide bonds. The second kappa shape index (κ2) is 5.35. The highest BCUT2D eigenvalue weighted by molar-refractivity contribution is 5.46. The maximum atomic E-state index is 5.92. The van der Waals surface area contributed by atoms with Crippen molar-refractivity contribution in [2.75, 3.05) is 5.73 Å². The summed E-state index contributed by atoms with van der Waals surface area (Å²) in [7, 11) is 0. The molecule has 0 heterocycles. The molecule has 1 atom stereocenters. The lowest BCUT2D eigenvalue weighted by Crippen LogP contribution is -2.31. The standard InChI is InChI=1S/C14H22N2/c1-11(12-6-2-3-7-12)16-10-13-8-4-5-9-14(13)15/h4-5,8-9,11-12,16H,2-3,6-7,10,15H2,1H3/t11-/m1/s1. The molecule has 0 aromatic heterocycles. The third kappa shape index (κ3) is 2.76. The van der Waals surface area contributed by atoms with Gasteiger partial charge >= 0.3 is 0 Å². The van der Waals surface area contributed by atoms with Gasteiger partial charge in [0.2, 0.25) is 0 Å². The number of anilines is 1. The van der Waals surface area contributed by atoms with E-state index < -0.39 is 0 Å². The molecule has 1 aromatic carbocycles. The zero-order chi connectivity index (χ0) is 11.4.